The number of hydrogen-bond acceptors (Lipinski definition) is 3. The monoisotopic (exact) mass is 158 g/mol. The smallest absolute Gasteiger partial charge is 0.0431 e. The quantitative estimate of drug-likeness (QED) is 0.557. The highest BCUT2D eigenvalue weighted by molar-refractivity contribution is 4.95. The van der Waals surface area contributed by atoms with E-state index in [1.807, 2.05) is 0 Å². The zero-order chi connectivity index (χ0) is 8.32. The Hall–Kier alpha value is -0.120. The second-order valence-electron chi connectivity index (χ2n) is 3.80. The predicted molar refractivity (Wildman–Crippen MR) is 45.4 cm³/mol. The van der Waals surface area contributed by atoms with E-state index in [9.17, 15) is 0 Å². The number of aliphatic hydroxyl groups is 1. The lowest BCUT2D eigenvalue weighted by Crippen LogP contribution is -2.65. The molecule has 1 fully saturated rings. The summed E-state index contributed by atoms with van der Waals surface area (Å²) >= 11 is 0. The number of nitrogens with zero attached hydrogens (tertiary/aromatic N) is 1. The molecule has 3 N–H and O–H groups in total. The fraction of sp³-hybridized carbons (Fsp3) is 1.00. The van der Waals surface area contributed by atoms with Crippen LogP contribution in [0, 0.1) is 0 Å². The Bertz CT molecular complexity index is 117. The van der Waals surface area contributed by atoms with Crippen molar-refractivity contribution in [3.63, 3.8) is 0 Å². The van der Waals surface area contributed by atoms with Gasteiger partial charge in [0, 0.05) is 25.2 Å². The van der Waals surface area contributed by atoms with E-state index in [2.05, 4.69) is 11.8 Å². The first-order valence-corrected chi connectivity index (χ1v) is 4.26. The zero-order valence-electron chi connectivity index (χ0n) is 7.21. The minimum Gasteiger partial charge on any atom is -0.396 e. The van der Waals surface area contributed by atoms with Gasteiger partial charge in [0.2, 0.25) is 0 Å². The van der Waals surface area contributed by atoms with E-state index in [1.54, 1.807) is 0 Å². The van der Waals surface area contributed by atoms with Crippen molar-refractivity contribution in [1.82, 2.24) is 4.90 Å². The highest BCUT2D eigenvalue weighted by Crippen LogP contribution is 2.16. The average molecular weight is 158 g/mol. The van der Waals surface area contributed by atoms with E-state index in [1.165, 1.54) is 0 Å². The first-order valence-electron chi connectivity index (χ1n) is 4.26. The number of likely N-dealkylation sites (tertiary alicyclic amines) is 1. The molecule has 0 aromatic heterocycles. The summed E-state index contributed by atoms with van der Waals surface area (Å²) in [6, 6.07) is 0. The van der Waals surface area contributed by atoms with Crippen molar-refractivity contribution in [2.45, 2.75) is 25.3 Å². The van der Waals surface area contributed by atoms with Crippen molar-refractivity contribution in [2.24, 2.45) is 5.73 Å². The van der Waals surface area contributed by atoms with Crippen molar-refractivity contribution in [2.75, 3.05) is 26.2 Å². The molecule has 0 atom stereocenters. The van der Waals surface area contributed by atoms with Gasteiger partial charge in [-0.15, -0.1) is 0 Å². The molecule has 0 aliphatic carbocycles. The second kappa shape index (κ2) is 3.52. The number of hydrogen-bond donors (Lipinski definition) is 2. The lowest BCUT2D eigenvalue weighted by Gasteiger charge is -2.45. The maximum Gasteiger partial charge on any atom is 0.0431 e. The highest BCUT2D eigenvalue weighted by Gasteiger charge is 2.33. The average Bonchev–Trinajstić information content (AvgIpc) is 1.84. The number of rotatable bonds is 4. The van der Waals surface area contributed by atoms with E-state index in [4.69, 9.17) is 10.8 Å². The normalized spacial score (nSPS) is 23.2. The van der Waals surface area contributed by atoms with Crippen LogP contribution < -0.4 is 5.73 Å². The van der Waals surface area contributed by atoms with Crippen molar-refractivity contribution in [1.29, 1.82) is 0 Å². The molecule has 3 heteroatoms. The van der Waals surface area contributed by atoms with E-state index in [-0.39, 0.29) is 5.54 Å². The van der Waals surface area contributed by atoms with Gasteiger partial charge in [0.1, 0.15) is 0 Å². The number of nitrogens with two attached hydrogens (primary N) is 1. The summed E-state index contributed by atoms with van der Waals surface area (Å²) in [5.74, 6) is 0. The summed E-state index contributed by atoms with van der Waals surface area (Å²) in [5, 5.41) is 8.53. The van der Waals surface area contributed by atoms with Crippen LogP contribution in [0.15, 0.2) is 0 Å². The van der Waals surface area contributed by atoms with Crippen LogP contribution in [0.4, 0.5) is 0 Å². The maximum atomic E-state index is 8.53. The van der Waals surface area contributed by atoms with Gasteiger partial charge in [-0.1, -0.05) is 0 Å². The molecule has 1 saturated heterocycles. The molecule has 3 nitrogen and oxygen atoms in total. The summed E-state index contributed by atoms with van der Waals surface area (Å²) < 4.78 is 0. The van der Waals surface area contributed by atoms with Crippen LogP contribution in [0.1, 0.15) is 19.8 Å². The van der Waals surface area contributed by atoms with E-state index < -0.39 is 0 Å². The lowest BCUT2D eigenvalue weighted by atomic mass is 9.93. The topological polar surface area (TPSA) is 49.5 Å². The summed E-state index contributed by atoms with van der Waals surface area (Å²) in [7, 11) is 0. The molecule has 0 unspecified atom stereocenters. The van der Waals surface area contributed by atoms with Gasteiger partial charge in [-0.3, -0.25) is 4.90 Å². The Balaban J connectivity index is 1.96. The van der Waals surface area contributed by atoms with Gasteiger partial charge in [0.15, 0.2) is 0 Å². The van der Waals surface area contributed by atoms with Crippen LogP contribution in [0.2, 0.25) is 0 Å². The van der Waals surface area contributed by atoms with Gasteiger partial charge in [-0.25, -0.2) is 0 Å². The molecule has 1 rings (SSSR count). The second-order valence-corrected chi connectivity index (χ2v) is 3.80. The Labute approximate surface area is 68.2 Å². The Morgan fingerprint density at radius 2 is 2.09 bits per heavy atom. The molecule has 1 aliphatic heterocycles. The summed E-state index contributed by atoms with van der Waals surface area (Å²) in [5.41, 5.74) is 5.88. The predicted octanol–water partition coefficient (Wildman–Crippen LogP) is -0.208. The molecule has 0 radical (unpaired) electrons. The highest BCUT2D eigenvalue weighted by atomic mass is 16.2. The third-order valence-electron chi connectivity index (χ3n) is 2.05. The van der Waals surface area contributed by atoms with Gasteiger partial charge < -0.3 is 10.8 Å². The molecule has 11 heavy (non-hydrogen) atoms. The minimum absolute atomic E-state index is 0.0548. The van der Waals surface area contributed by atoms with Crippen LogP contribution >= 0.6 is 0 Å². The van der Waals surface area contributed by atoms with E-state index in [0.717, 1.165) is 32.5 Å². The third-order valence-corrected chi connectivity index (χ3v) is 2.05. The lowest BCUT2D eigenvalue weighted by molar-refractivity contribution is 0.0806. The van der Waals surface area contributed by atoms with Crippen molar-refractivity contribution < 1.29 is 5.11 Å². The van der Waals surface area contributed by atoms with Crippen LogP contribution in [0.25, 0.3) is 0 Å². The molecular formula is C8H18N2O. The fourth-order valence-corrected chi connectivity index (χ4v) is 1.58. The molecule has 1 aliphatic rings. The number of unbranched alkanes of at least 4 members (excludes halogenated alkanes) is 1. The number of aliphatic hydroxyl groups excluding tert-OH is 1. The van der Waals surface area contributed by atoms with Gasteiger partial charge in [-0.2, -0.15) is 0 Å². The van der Waals surface area contributed by atoms with E-state index in [0.29, 0.717) is 6.61 Å². The largest absolute Gasteiger partial charge is 0.396 e. The molecule has 0 aromatic rings. The van der Waals surface area contributed by atoms with Gasteiger partial charge >= 0.3 is 0 Å². The first kappa shape index (κ1) is 8.97. The zero-order valence-corrected chi connectivity index (χ0v) is 7.21. The summed E-state index contributed by atoms with van der Waals surface area (Å²) in [6.07, 6.45) is 2.00. The van der Waals surface area contributed by atoms with Gasteiger partial charge in [0.05, 0.1) is 0 Å². The van der Waals surface area contributed by atoms with Crippen molar-refractivity contribution in [3.05, 3.63) is 0 Å². The van der Waals surface area contributed by atoms with Crippen LogP contribution in [0.5, 0.6) is 0 Å². The van der Waals surface area contributed by atoms with Crippen LogP contribution in [-0.2, 0) is 0 Å². The van der Waals surface area contributed by atoms with Gasteiger partial charge in [0.25, 0.3) is 0 Å². The minimum atomic E-state index is 0.0548. The Morgan fingerprint density at radius 1 is 1.45 bits per heavy atom. The van der Waals surface area contributed by atoms with Crippen molar-refractivity contribution in [3.8, 4) is 0 Å². The first-order chi connectivity index (χ1) is 5.14. The van der Waals surface area contributed by atoms with Crippen LogP contribution in [0.3, 0.4) is 0 Å². The Kier molecular flexibility index (Phi) is 2.87. The fourth-order valence-electron chi connectivity index (χ4n) is 1.58. The van der Waals surface area contributed by atoms with E-state index >= 15 is 0 Å². The molecule has 66 valence electrons. The standard InChI is InChI=1S/C8H18N2O/c1-8(9)6-10(7-8)4-2-3-5-11/h11H,2-7,9H2,1H3. The maximum absolute atomic E-state index is 8.53. The molecule has 0 saturated carbocycles. The third kappa shape index (κ3) is 2.77. The Morgan fingerprint density at radius 3 is 2.55 bits per heavy atom. The van der Waals surface area contributed by atoms with Crippen LogP contribution in [-0.4, -0.2) is 41.8 Å². The summed E-state index contributed by atoms with van der Waals surface area (Å²) in [4.78, 5) is 2.33. The SMILES string of the molecule is CC1(N)CN(CCCCO)C1. The molecule has 0 bridgehead atoms. The van der Waals surface area contributed by atoms with Gasteiger partial charge in [-0.05, 0) is 26.3 Å². The summed E-state index contributed by atoms with van der Waals surface area (Å²) in [6.45, 7) is 5.51. The molecule has 1 heterocycles. The van der Waals surface area contributed by atoms with Crippen molar-refractivity contribution >= 4 is 0 Å². The molecule has 0 aromatic carbocycles. The molecule has 0 amide bonds. The molecule has 0 spiro atoms. The molecular weight excluding hydrogens is 140 g/mol.